The molecule has 0 aliphatic heterocycles. The molecule has 2 rings (SSSR count). The average Bonchev–Trinajstić information content (AvgIpc) is 3.19. The molecule has 1 unspecified atom stereocenters. The highest BCUT2D eigenvalue weighted by Gasteiger charge is 2.20. The normalized spacial score (nSPS) is 16.6. The van der Waals surface area contributed by atoms with Crippen LogP contribution in [-0.4, -0.2) is 25.7 Å². The van der Waals surface area contributed by atoms with Gasteiger partial charge in [0.2, 0.25) is 0 Å². The van der Waals surface area contributed by atoms with Crippen molar-refractivity contribution >= 4 is 0 Å². The smallest absolute Gasteiger partial charge is 0.122 e. The van der Waals surface area contributed by atoms with Gasteiger partial charge in [-0.05, 0) is 43.9 Å². The quantitative estimate of drug-likeness (QED) is 0.776. The number of hydrogen-bond acceptors (Lipinski definition) is 3. The standard InChI is InChI=1S/C15H24N2O/c1-11-4-5-13(8-15(11)18-3)10-16-12(2)9-17-14-6-7-14/h4-5,8,12,14,16-17H,6-7,9-10H2,1-3H3. The van der Waals surface area contributed by atoms with Gasteiger partial charge in [0.05, 0.1) is 7.11 Å². The highest BCUT2D eigenvalue weighted by molar-refractivity contribution is 5.36. The van der Waals surface area contributed by atoms with E-state index in [0.717, 1.165) is 24.9 Å². The summed E-state index contributed by atoms with van der Waals surface area (Å²) in [5.41, 5.74) is 2.46. The van der Waals surface area contributed by atoms with Crippen molar-refractivity contribution in [2.45, 2.75) is 45.3 Å². The fourth-order valence-corrected chi connectivity index (χ4v) is 1.97. The maximum atomic E-state index is 5.34. The summed E-state index contributed by atoms with van der Waals surface area (Å²) in [7, 11) is 1.72. The third-order valence-corrected chi connectivity index (χ3v) is 3.42. The van der Waals surface area contributed by atoms with Gasteiger partial charge in [-0.2, -0.15) is 0 Å². The van der Waals surface area contributed by atoms with Gasteiger partial charge in [-0.15, -0.1) is 0 Å². The zero-order chi connectivity index (χ0) is 13.0. The molecule has 1 atom stereocenters. The molecular formula is C15H24N2O. The SMILES string of the molecule is COc1cc(CNC(C)CNC2CC2)ccc1C. The van der Waals surface area contributed by atoms with Crippen molar-refractivity contribution < 1.29 is 4.74 Å². The Morgan fingerprint density at radius 3 is 2.83 bits per heavy atom. The average molecular weight is 248 g/mol. The fourth-order valence-electron chi connectivity index (χ4n) is 1.97. The molecule has 3 heteroatoms. The molecule has 18 heavy (non-hydrogen) atoms. The van der Waals surface area contributed by atoms with Gasteiger partial charge in [0.15, 0.2) is 0 Å². The van der Waals surface area contributed by atoms with Crippen LogP contribution in [0, 0.1) is 6.92 Å². The lowest BCUT2D eigenvalue weighted by molar-refractivity contribution is 0.410. The lowest BCUT2D eigenvalue weighted by atomic mass is 10.1. The second-order valence-corrected chi connectivity index (χ2v) is 5.27. The first kappa shape index (κ1) is 13.4. The van der Waals surface area contributed by atoms with Crippen molar-refractivity contribution in [3.05, 3.63) is 29.3 Å². The van der Waals surface area contributed by atoms with Gasteiger partial charge in [0.25, 0.3) is 0 Å². The second-order valence-electron chi connectivity index (χ2n) is 5.27. The predicted octanol–water partition coefficient (Wildman–Crippen LogP) is 2.23. The van der Waals surface area contributed by atoms with E-state index < -0.39 is 0 Å². The van der Waals surface area contributed by atoms with Crippen LogP contribution in [-0.2, 0) is 6.54 Å². The van der Waals surface area contributed by atoms with Crippen LogP contribution in [0.2, 0.25) is 0 Å². The van der Waals surface area contributed by atoms with Crippen LogP contribution in [0.3, 0.4) is 0 Å². The zero-order valence-corrected chi connectivity index (χ0v) is 11.6. The zero-order valence-electron chi connectivity index (χ0n) is 11.6. The monoisotopic (exact) mass is 248 g/mol. The lowest BCUT2D eigenvalue weighted by Gasteiger charge is -2.15. The molecule has 0 aromatic heterocycles. The highest BCUT2D eigenvalue weighted by Crippen LogP contribution is 2.19. The molecule has 1 saturated carbocycles. The van der Waals surface area contributed by atoms with E-state index in [4.69, 9.17) is 4.74 Å². The summed E-state index contributed by atoms with van der Waals surface area (Å²) in [6.07, 6.45) is 2.70. The predicted molar refractivity (Wildman–Crippen MR) is 75.1 cm³/mol. The van der Waals surface area contributed by atoms with Crippen LogP contribution < -0.4 is 15.4 Å². The first-order valence-corrected chi connectivity index (χ1v) is 6.79. The van der Waals surface area contributed by atoms with Crippen LogP contribution in [0.15, 0.2) is 18.2 Å². The minimum absolute atomic E-state index is 0.498. The Bertz CT molecular complexity index is 388. The Balaban J connectivity index is 1.77. The summed E-state index contributed by atoms with van der Waals surface area (Å²) in [5, 5.41) is 7.07. The molecule has 1 aliphatic rings. The van der Waals surface area contributed by atoms with Crippen molar-refractivity contribution in [2.75, 3.05) is 13.7 Å². The molecule has 0 saturated heterocycles. The second kappa shape index (κ2) is 6.21. The van der Waals surface area contributed by atoms with E-state index >= 15 is 0 Å². The van der Waals surface area contributed by atoms with Crippen LogP contribution in [0.4, 0.5) is 0 Å². The minimum Gasteiger partial charge on any atom is -0.496 e. The Hall–Kier alpha value is -1.06. The van der Waals surface area contributed by atoms with E-state index in [0.29, 0.717) is 6.04 Å². The van der Waals surface area contributed by atoms with Crippen LogP contribution in [0.1, 0.15) is 30.9 Å². The Morgan fingerprint density at radius 1 is 1.39 bits per heavy atom. The summed E-state index contributed by atoms with van der Waals surface area (Å²) >= 11 is 0. The molecule has 2 N–H and O–H groups in total. The largest absolute Gasteiger partial charge is 0.496 e. The third-order valence-electron chi connectivity index (χ3n) is 3.42. The molecule has 0 spiro atoms. The van der Waals surface area contributed by atoms with Crippen molar-refractivity contribution in [2.24, 2.45) is 0 Å². The number of nitrogens with one attached hydrogen (secondary N) is 2. The molecule has 1 fully saturated rings. The summed E-state index contributed by atoms with van der Waals surface area (Å²) in [5.74, 6) is 0.970. The van der Waals surface area contributed by atoms with E-state index in [9.17, 15) is 0 Å². The van der Waals surface area contributed by atoms with E-state index in [2.05, 4.69) is 42.7 Å². The number of methoxy groups -OCH3 is 1. The van der Waals surface area contributed by atoms with Crippen molar-refractivity contribution in [1.82, 2.24) is 10.6 Å². The lowest BCUT2D eigenvalue weighted by Crippen LogP contribution is -2.36. The first-order chi connectivity index (χ1) is 8.69. The van der Waals surface area contributed by atoms with Crippen molar-refractivity contribution in [3.8, 4) is 5.75 Å². The number of hydrogen-bond donors (Lipinski definition) is 2. The topological polar surface area (TPSA) is 33.3 Å². The van der Waals surface area contributed by atoms with Crippen molar-refractivity contribution in [3.63, 3.8) is 0 Å². The molecule has 1 aliphatic carbocycles. The fraction of sp³-hybridized carbons (Fsp3) is 0.600. The highest BCUT2D eigenvalue weighted by atomic mass is 16.5. The third kappa shape index (κ3) is 4.00. The number of rotatable bonds is 7. The molecular weight excluding hydrogens is 224 g/mol. The number of benzene rings is 1. The van der Waals surface area contributed by atoms with Gasteiger partial charge in [-0.3, -0.25) is 0 Å². The molecule has 1 aromatic carbocycles. The van der Waals surface area contributed by atoms with Crippen LogP contribution >= 0.6 is 0 Å². The van der Waals surface area contributed by atoms with E-state index in [1.54, 1.807) is 7.11 Å². The van der Waals surface area contributed by atoms with Crippen molar-refractivity contribution in [1.29, 1.82) is 0 Å². The summed E-state index contributed by atoms with van der Waals surface area (Å²) in [6.45, 7) is 6.23. The summed E-state index contributed by atoms with van der Waals surface area (Å²) in [4.78, 5) is 0. The summed E-state index contributed by atoms with van der Waals surface area (Å²) in [6, 6.07) is 7.67. The van der Waals surface area contributed by atoms with E-state index in [1.165, 1.54) is 24.0 Å². The minimum atomic E-state index is 0.498. The maximum Gasteiger partial charge on any atom is 0.122 e. The van der Waals surface area contributed by atoms with Gasteiger partial charge < -0.3 is 15.4 Å². The van der Waals surface area contributed by atoms with E-state index in [-0.39, 0.29) is 0 Å². The van der Waals surface area contributed by atoms with Gasteiger partial charge in [-0.25, -0.2) is 0 Å². The number of ether oxygens (including phenoxy) is 1. The molecule has 0 bridgehead atoms. The molecule has 1 aromatic rings. The molecule has 0 heterocycles. The molecule has 0 amide bonds. The summed E-state index contributed by atoms with van der Waals surface area (Å²) < 4.78 is 5.34. The molecule has 100 valence electrons. The molecule has 3 nitrogen and oxygen atoms in total. The van der Waals surface area contributed by atoms with Crippen LogP contribution in [0.25, 0.3) is 0 Å². The maximum absolute atomic E-state index is 5.34. The van der Waals surface area contributed by atoms with E-state index in [1.807, 2.05) is 0 Å². The van der Waals surface area contributed by atoms with Gasteiger partial charge in [0, 0.05) is 25.2 Å². The number of aryl methyl sites for hydroxylation is 1. The Morgan fingerprint density at radius 2 is 2.17 bits per heavy atom. The van der Waals surface area contributed by atoms with Gasteiger partial charge in [-0.1, -0.05) is 12.1 Å². The molecule has 0 radical (unpaired) electrons. The first-order valence-electron chi connectivity index (χ1n) is 6.79. The van der Waals surface area contributed by atoms with Crippen LogP contribution in [0.5, 0.6) is 5.75 Å². The van der Waals surface area contributed by atoms with Gasteiger partial charge in [0.1, 0.15) is 5.75 Å². The Labute approximate surface area is 110 Å². The van der Waals surface area contributed by atoms with Gasteiger partial charge >= 0.3 is 0 Å². The Kier molecular flexibility index (Phi) is 4.61.